The number of carbonyl (C=O) groups is 1. The molecule has 1 aromatic carbocycles. The molecule has 4 heteroatoms. The number of nitrogen functional groups attached to an aromatic ring is 1. The highest BCUT2D eigenvalue weighted by molar-refractivity contribution is 5.96. The largest absolute Gasteiger partial charge is 0.462 e. The summed E-state index contributed by atoms with van der Waals surface area (Å²) < 4.78 is 5.02. The van der Waals surface area contributed by atoms with Gasteiger partial charge in [0.05, 0.1) is 12.2 Å². The maximum atomic E-state index is 11.8. The fourth-order valence-electron chi connectivity index (χ4n) is 2.53. The van der Waals surface area contributed by atoms with E-state index >= 15 is 0 Å². The lowest BCUT2D eigenvalue weighted by Crippen LogP contribution is -2.24. The maximum absolute atomic E-state index is 11.8. The summed E-state index contributed by atoms with van der Waals surface area (Å²) in [6.45, 7) is 11.9. The minimum absolute atomic E-state index is 0.346. The van der Waals surface area contributed by atoms with Gasteiger partial charge in [0.2, 0.25) is 0 Å². The molecular formula is C17H28N2O2. The van der Waals surface area contributed by atoms with Crippen molar-refractivity contribution < 1.29 is 9.53 Å². The fourth-order valence-corrected chi connectivity index (χ4v) is 2.53. The molecule has 0 aromatic heterocycles. The number of ether oxygens (including phenoxy) is 1. The zero-order chi connectivity index (χ0) is 16.0. The molecule has 0 spiro atoms. The third-order valence-electron chi connectivity index (χ3n) is 3.80. The topological polar surface area (TPSA) is 64.3 Å². The summed E-state index contributed by atoms with van der Waals surface area (Å²) in [6.07, 6.45) is 0. The molecule has 118 valence electrons. The van der Waals surface area contributed by atoms with Crippen LogP contribution in [-0.4, -0.2) is 19.1 Å². The van der Waals surface area contributed by atoms with E-state index in [-0.39, 0.29) is 5.97 Å². The van der Waals surface area contributed by atoms with Crippen LogP contribution >= 0.6 is 0 Å². The van der Waals surface area contributed by atoms with Crippen LogP contribution in [0, 0.1) is 17.8 Å². The predicted molar refractivity (Wildman–Crippen MR) is 88.5 cm³/mol. The van der Waals surface area contributed by atoms with Crippen molar-refractivity contribution in [2.45, 2.75) is 34.6 Å². The van der Waals surface area contributed by atoms with Gasteiger partial charge in [0.1, 0.15) is 0 Å². The molecule has 0 radical (unpaired) electrons. The van der Waals surface area contributed by atoms with Gasteiger partial charge in [0, 0.05) is 17.9 Å². The van der Waals surface area contributed by atoms with Crippen molar-refractivity contribution in [3.8, 4) is 0 Å². The van der Waals surface area contributed by atoms with E-state index in [1.54, 1.807) is 19.1 Å². The molecule has 0 aliphatic heterocycles. The van der Waals surface area contributed by atoms with E-state index in [1.165, 1.54) is 0 Å². The minimum Gasteiger partial charge on any atom is -0.462 e. The Morgan fingerprint density at radius 3 is 2.38 bits per heavy atom. The molecule has 1 aromatic rings. The Morgan fingerprint density at radius 2 is 1.86 bits per heavy atom. The van der Waals surface area contributed by atoms with Gasteiger partial charge in [0.15, 0.2) is 0 Å². The van der Waals surface area contributed by atoms with E-state index in [0.717, 1.165) is 12.2 Å². The van der Waals surface area contributed by atoms with Gasteiger partial charge in [-0.1, -0.05) is 27.7 Å². The van der Waals surface area contributed by atoms with Gasteiger partial charge in [0.25, 0.3) is 0 Å². The van der Waals surface area contributed by atoms with Crippen molar-refractivity contribution in [1.29, 1.82) is 0 Å². The van der Waals surface area contributed by atoms with E-state index in [4.69, 9.17) is 10.5 Å². The molecular weight excluding hydrogens is 264 g/mol. The van der Waals surface area contributed by atoms with Crippen LogP contribution < -0.4 is 11.1 Å². The quantitative estimate of drug-likeness (QED) is 0.593. The molecule has 0 fully saturated rings. The first kappa shape index (κ1) is 17.3. The lowest BCUT2D eigenvalue weighted by atomic mass is 9.85. The number of esters is 1. The van der Waals surface area contributed by atoms with Crippen molar-refractivity contribution in [2.24, 2.45) is 17.8 Å². The number of benzene rings is 1. The third-order valence-corrected chi connectivity index (χ3v) is 3.80. The number of anilines is 2. The van der Waals surface area contributed by atoms with Crippen LogP contribution in [0.4, 0.5) is 11.4 Å². The Morgan fingerprint density at radius 1 is 1.24 bits per heavy atom. The Kier molecular flexibility index (Phi) is 6.53. The summed E-state index contributed by atoms with van der Waals surface area (Å²) in [5.41, 5.74) is 7.62. The van der Waals surface area contributed by atoms with E-state index in [9.17, 15) is 4.79 Å². The second kappa shape index (κ2) is 7.91. The van der Waals surface area contributed by atoms with Crippen LogP contribution in [0.25, 0.3) is 0 Å². The third kappa shape index (κ3) is 4.96. The molecule has 0 saturated heterocycles. The first-order valence-electron chi connectivity index (χ1n) is 7.67. The first-order chi connectivity index (χ1) is 9.86. The summed E-state index contributed by atoms with van der Waals surface area (Å²) in [7, 11) is 0. The monoisotopic (exact) mass is 292 g/mol. The van der Waals surface area contributed by atoms with Crippen molar-refractivity contribution >= 4 is 17.3 Å². The van der Waals surface area contributed by atoms with E-state index in [1.807, 2.05) is 6.07 Å². The highest BCUT2D eigenvalue weighted by atomic mass is 16.5. The maximum Gasteiger partial charge on any atom is 0.340 e. The van der Waals surface area contributed by atoms with E-state index < -0.39 is 0 Å². The molecule has 0 bridgehead atoms. The number of carbonyl (C=O) groups excluding carboxylic acids is 1. The SMILES string of the molecule is CCOC(=O)c1cc(NCC(C(C)C)C(C)C)ccc1N. The van der Waals surface area contributed by atoms with Crippen LogP contribution in [0.15, 0.2) is 18.2 Å². The smallest absolute Gasteiger partial charge is 0.340 e. The predicted octanol–water partition coefficient (Wildman–Crippen LogP) is 3.79. The van der Waals surface area contributed by atoms with Gasteiger partial charge < -0.3 is 15.8 Å². The number of hydrogen-bond acceptors (Lipinski definition) is 4. The van der Waals surface area contributed by atoms with Crippen LogP contribution in [0.5, 0.6) is 0 Å². The number of rotatable bonds is 7. The van der Waals surface area contributed by atoms with Gasteiger partial charge in [-0.05, 0) is 42.9 Å². The zero-order valence-electron chi connectivity index (χ0n) is 13.8. The highest BCUT2D eigenvalue weighted by Crippen LogP contribution is 2.23. The molecule has 0 atom stereocenters. The molecule has 21 heavy (non-hydrogen) atoms. The molecule has 0 unspecified atom stereocenters. The molecule has 0 amide bonds. The lowest BCUT2D eigenvalue weighted by Gasteiger charge is -2.25. The van der Waals surface area contributed by atoms with Crippen molar-refractivity contribution in [1.82, 2.24) is 0 Å². The van der Waals surface area contributed by atoms with Crippen LogP contribution in [0.2, 0.25) is 0 Å². The Hall–Kier alpha value is -1.71. The summed E-state index contributed by atoms with van der Waals surface area (Å²) in [5, 5.41) is 3.41. The standard InChI is InChI=1S/C17H28N2O2/c1-6-21-17(20)14-9-13(7-8-16(14)18)19-10-15(11(2)3)12(4)5/h7-9,11-12,15,19H,6,10,18H2,1-5H3. The second-order valence-electron chi connectivity index (χ2n) is 6.06. The number of hydrogen-bond donors (Lipinski definition) is 2. The average molecular weight is 292 g/mol. The van der Waals surface area contributed by atoms with Crippen LogP contribution in [0.1, 0.15) is 45.0 Å². The molecule has 4 nitrogen and oxygen atoms in total. The molecule has 1 rings (SSSR count). The second-order valence-corrected chi connectivity index (χ2v) is 6.06. The molecule has 0 aliphatic carbocycles. The highest BCUT2D eigenvalue weighted by Gasteiger charge is 2.17. The normalized spacial score (nSPS) is 11.2. The summed E-state index contributed by atoms with van der Waals surface area (Å²) in [4.78, 5) is 11.8. The molecule has 0 aliphatic rings. The Labute approximate surface area is 128 Å². The van der Waals surface area contributed by atoms with Crippen molar-refractivity contribution in [3.63, 3.8) is 0 Å². The molecule has 3 N–H and O–H groups in total. The van der Waals surface area contributed by atoms with Gasteiger partial charge in [-0.25, -0.2) is 4.79 Å². The van der Waals surface area contributed by atoms with E-state index in [2.05, 4.69) is 33.0 Å². The van der Waals surface area contributed by atoms with Gasteiger partial charge >= 0.3 is 5.97 Å². The Balaban J connectivity index is 2.81. The van der Waals surface area contributed by atoms with Crippen LogP contribution in [0.3, 0.4) is 0 Å². The van der Waals surface area contributed by atoms with Crippen molar-refractivity contribution in [2.75, 3.05) is 24.2 Å². The zero-order valence-corrected chi connectivity index (χ0v) is 13.8. The molecule has 0 saturated carbocycles. The minimum atomic E-state index is -0.372. The fraction of sp³-hybridized carbons (Fsp3) is 0.588. The lowest BCUT2D eigenvalue weighted by molar-refractivity contribution is 0.0527. The summed E-state index contributed by atoms with van der Waals surface area (Å²) >= 11 is 0. The first-order valence-corrected chi connectivity index (χ1v) is 7.67. The van der Waals surface area contributed by atoms with Gasteiger partial charge in [-0.3, -0.25) is 0 Å². The number of nitrogens with two attached hydrogens (primary N) is 1. The average Bonchev–Trinajstić information content (AvgIpc) is 2.40. The summed E-state index contributed by atoms with van der Waals surface area (Å²) in [6, 6.07) is 5.41. The van der Waals surface area contributed by atoms with Gasteiger partial charge in [-0.15, -0.1) is 0 Å². The Bertz CT molecular complexity index is 462. The summed E-state index contributed by atoms with van der Waals surface area (Å²) in [5.74, 6) is 1.42. The van der Waals surface area contributed by atoms with Crippen molar-refractivity contribution in [3.05, 3.63) is 23.8 Å². The number of nitrogens with one attached hydrogen (secondary N) is 1. The van der Waals surface area contributed by atoms with Gasteiger partial charge in [-0.2, -0.15) is 0 Å². The molecule has 0 heterocycles. The van der Waals surface area contributed by atoms with Crippen LogP contribution in [-0.2, 0) is 4.74 Å². The van der Waals surface area contributed by atoms with E-state index in [0.29, 0.717) is 35.6 Å².